The summed E-state index contributed by atoms with van der Waals surface area (Å²) in [6.07, 6.45) is 5.57. The summed E-state index contributed by atoms with van der Waals surface area (Å²) in [6.45, 7) is 0.443. The third-order valence-corrected chi connectivity index (χ3v) is 5.98. The molecular weight excluding hydrogens is 366 g/mol. The summed E-state index contributed by atoms with van der Waals surface area (Å²) in [7, 11) is 3.38. The molecule has 0 amide bonds. The predicted molar refractivity (Wildman–Crippen MR) is 114 cm³/mol. The number of para-hydroxylation sites is 1. The fourth-order valence-corrected chi connectivity index (χ4v) is 4.44. The van der Waals surface area contributed by atoms with Gasteiger partial charge in [-0.15, -0.1) is 0 Å². The number of hydrogen-bond donors (Lipinski definition) is 3. The minimum absolute atomic E-state index is 0.0735. The van der Waals surface area contributed by atoms with Crippen LogP contribution in [0.3, 0.4) is 0 Å². The molecule has 1 spiro atoms. The van der Waals surface area contributed by atoms with Crippen LogP contribution < -0.4 is 20.1 Å². The summed E-state index contributed by atoms with van der Waals surface area (Å²) in [6, 6.07) is 13.6. The zero-order valence-electron chi connectivity index (χ0n) is 17.1. The summed E-state index contributed by atoms with van der Waals surface area (Å²) < 4.78 is 11.7. The molecule has 154 valence electrons. The van der Waals surface area contributed by atoms with Crippen molar-refractivity contribution in [1.82, 2.24) is 10.6 Å². The Morgan fingerprint density at radius 2 is 2.03 bits per heavy atom. The molecule has 0 aromatic heterocycles. The van der Waals surface area contributed by atoms with Gasteiger partial charge in [0.15, 0.2) is 5.96 Å². The highest BCUT2D eigenvalue weighted by Gasteiger charge is 2.43. The monoisotopic (exact) mass is 395 g/mol. The average molecular weight is 396 g/mol. The van der Waals surface area contributed by atoms with Crippen LogP contribution in [0.1, 0.15) is 49.3 Å². The molecule has 4 rings (SSSR count). The number of nitrogens with zero attached hydrogens (tertiary/aromatic N) is 1. The molecule has 2 aromatic carbocycles. The maximum absolute atomic E-state index is 10.1. The molecule has 2 aromatic rings. The van der Waals surface area contributed by atoms with Crippen LogP contribution in [0.5, 0.6) is 17.2 Å². The molecule has 1 heterocycles. The van der Waals surface area contributed by atoms with E-state index in [9.17, 15) is 5.11 Å². The highest BCUT2D eigenvalue weighted by molar-refractivity contribution is 5.80. The number of guanidine groups is 1. The van der Waals surface area contributed by atoms with Crippen LogP contribution in [0.15, 0.2) is 47.5 Å². The van der Waals surface area contributed by atoms with Crippen molar-refractivity contribution in [3.63, 3.8) is 0 Å². The van der Waals surface area contributed by atoms with Gasteiger partial charge < -0.3 is 25.2 Å². The van der Waals surface area contributed by atoms with Gasteiger partial charge in [-0.05, 0) is 49.9 Å². The van der Waals surface area contributed by atoms with Gasteiger partial charge in [-0.3, -0.25) is 4.99 Å². The van der Waals surface area contributed by atoms with E-state index in [4.69, 9.17) is 9.47 Å². The second-order valence-electron chi connectivity index (χ2n) is 7.85. The first-order valence-electron chi connectivity index (χ1n) is 10.2. The molecule has 0 radical (unpaired) electrons. The minimum atomic E-state index is -0.0735. The van der Waals surface area contributed by atoms with Crippen molar-refractivity contribution < 1.29 is 14.6 Å². The van der Waals surface area contributed by atoms with Crippen LogP contribution >= 0.6 is 0 Å². The summed E-state index contributed by atoms with van der Waals surface area (Å²) in [5.41, 5.74) is 1.85. The fraction of sp³-hybridized carbons (Fsp3) is 0.435. The van der Waals surface area contributed by atoms with Crippen molar-refractivity contribution in [3.8, 4) is 17.2 Å². The van der Waals surface area contributed by atoms with Gasteiger partial charge in [-0.25, -0.2) is 0 Å². The molecule has 0 saturated heterocycles. The SMILES string of the molecule is CN=C(NCc1cc(OC)ccc1O)NC1CC2(CCCC2)Oc2ccccc21. The van der Waals surface area contributed by atoms with Gasteiger partial charge >= 0.3 is 0 Å². The van der Waals surface area contributed by atoms with Crippen molar-refractivity contribution >= 4 is 5.96 Å². The largest absolute Gasteiger partial charge is 0.508 e. The molecule has 1 atom stereocenters. The molecule has 6 heteroatoms. The molecule has 1 aliphatic carbocycles. The van der Waals surface area contributed by atoms with Gasteiger partial charge in [0.25, 0.3) is 0 Å². The zero-order valence-corrected chi connectivity index (χ0v) is 17.1. The van der Waals surface area contributed by atoms with Crippen molar-refractivity contribution in [3.05, 3.63) is 53.6 Å². The van der Waals surface area contributed by atoms with Crippen LogP contribution in [0.25, 0.3) is 0 Å². The van der Waals surface area contributed by atoms with E-state index in [0.717, 1.165) is 36.1 Å². The van der Waals surface area contributed by atoms with Crippen LogP contribution in [0.2, 0.25) is 0 Å². The van der Waals surface area contributed by atoms with Crippen molar-refractivity contribution in [2.75, 3.05) is 14.2 Å². The lowest BCUT2D eigenvalue weighted by Crippen LogP contribution is -2.46. The van der Waals surface area contributed by atoms with Crippen molar-refractivity contribution in [2.24, 2.45) is 4.99 Å². The zero-order chi connectivity index (χ0) is 20.3. The number of fused-ring (bicyclic) bond motifs is 1. The number of ether oxygens (including phenoxy) is 2. The molecule has 1 aliphatic heterocycles. The summed E-state index contributed by atoms with van der Waals surface area (Å²) >= 11 is 0. The van der Waals surface area contributed by atoms with Gasteiger partial charge in [-0.2, -0.15) is 0 Å². The normalized spacial score (nSPS) is 20.1. The predicted octanol–water partition coefficient (Wildman–Crippen LogP) is 3.90. The number of aromatic hydroxyl groups is 1. The lowest BCUT2D eigenvalue weighted by Gasteiger charge is -2.40. The third kappa shape index (κ3) is 4.11. The molecule has 2 aliphatic rings. The lowest BCUT2D eigenvalue weighted by molar-refractivity contribution is 0.0396. The number of phenolic OH excluding ortho intramolecular Hbond substituents is 1. The lowest BCUT2D eigenvalue weighted by atomic mass is 9.86. The van der Waals surface area contributed by atoms with Crippen LogP contribution in [0.4, 0.5) is 0 Å². The summed E-state index contributed by atoms with van der Waals surface area (Å²) in [4.78, 5) is 4.40. The second-order valence-corrected chi connectivity index (χ2v) is 7.85. The summed E-state index contributed by atoms with van der Waals surface area (Å²) in [5, 5.41) is 17.0. The number of hydrogen-bond acceptors (Lipinski definition) is 4. The number of methoxy groups -OCH3 is 1. The van der Waals surface area contributed by atoms with E-state index in [1.807, 2.05) is 18.2 Å². The number of nitrogens with one attached hydrogen (secondary N) is 2. The average Bonchev–Trinajstić information content (AvgIpc) is 3.19. The molecule has 1 unspecified atom stereocenters. The number of phenols is 1. The van der Waals surface area contributed by atoms with Gasteiger partial charge in [-0.1, -0.05) is 18.2 Å². The Balaban J connectivity index is 1.49. The van der Waals surface area contributed by atoms with E-state index >= 15 is 0 Å². The number of benzene rings is 2. The highest BCUT2D eigenvalue weighted by Crippen LogP contribution is 2.46. The second kappa shape index (κ2) is 8.23. The van der Waals surface area contributed by atoms with E-state index in [2.05, 4.69) is 27.8 Å². The molecule has 1 fully saturated rings. The van der Waals surface area contributed by atoms with Gasteiger partial charge in [0.2, 0.25) is 0 Å². The van der Waals surface area contributed by atoms with Crippen LogP contribution in [-0.4, -0.2) is 30.8 Å². The molecule has 29 heavy (non-hydrogen) atoms. The maximum Gasteiger partial charge on any atom is 0.191 e. The van der Waals surface area contributed by atoms with E-state index < -0.39 is 0 Å². The Morgan fingerprint density at radius 1 is 1.24 bits per heavy atom. The first-order chi connectivity index (χ1) is 14.1. The molecule has 3 N–H and O–H groups in total. The molecular formula is C23H29N3O3. The topological polar surface area (TPSA) is 75.1 Å². The van der Waals surface area contributed by atoms with Crippen molar-refractivity contribution in [1.29, 1.82) is 0 Å². The Morgan fingerprint density at radius 3 is 2.79 bits per heavy atom. The molecule has 6 nitrogen and oxygen atoms in total. The van der Waals surface area contributed by atoms with E-state index in [-0.39, 0.29) is 17.4 Å². The van der Waals surface area contributed by atoms with Gasteiger partial charge in [0.05, 0.1) is 13.2 Å². The smallest absolute Gasteiger partial charge is 0.191 e. The molecule has 0 bridgehead atoms. The standard InChI is InChI=1S/C23H29N3O3/c1-24-22(25-15-16-13-17(28-2)9-10-20(16)27)26-19-14-23(11-5-6-12-23)29-21-8-4-3-7-18(19)21/h3-4,7-10,13,19,27H,5-6,11-12,14-15H2,1-2H3,(H2,24,25,26). The molecule has 1 saturated carbocycles. The summed E-state index contributed by atoms with van der Waals surface area (Å²) in [5.74, 6) is 2.61. The Bertz CT molecular complexity index is 891. The highest BCUT2D eigenvalue weighted by atomic mass is 16.5. The van der Waals surface area contributed by atoms with E-state index in [0.29, 0.717) is 18.3 Å². The first-order valence-corrected chi connectivity index (χ1v) is 10.2. The minimum Gasteiger partial charge on any atom is -0.508 e. The first kappa shape index (κ1) is 19.4. The maximum atomic E-state index is 10.1. The van der Waals surface area contributed by atoms with Crippen LogP contribution in [0, 0.1) is 0 Å². The number of aliphatic imine (C=N–C) groups is 1. The Kier molecular flexibility index (Phi) is 5.51. The quantitative estimate of drug-likeness (QED) is 0.541. The van der Waals surface area contributed by atoms with Crippen molar-refractivity contribution in [2.45, 2.75) is 50.3 Å². The Labute approximate surface area is 172 Å². The fourth-order valence-electron chi connectivity index (χ4n) is 4.44. The van der Waals surface area contributed by atoms with E-state index in [1.54, 1.807) is 26.3 Å². The van der Waals surface area contributed by atoms with Crippen LogP contribution in [-0.2, 0) is 6.54 Å². The Hall–Kier alpha value is -2.89. The van der Waals surface area contributed by atoms with Gasteiger partial charge in [0, 0.05) is 31.1 Å². The van der Waals surface area contributed by atoms with Gasteiger partial charge in [0.1, 0.15) is 22.8 Å². The number of rotatable bonds is 4. The third-order valence-electron chi connectivity index (χ3n) is 5.98. The van der Waals surface area contributed by atoms with E-state index in [1.165, 1.54) is 12.8 Å².